The molecule has 2 atom stereocenters. The van der Waals surface area contributed by atoms with Crippen LogP contribution in [-0.4, -0.2) is 18.0 Å². The minimum Gasteiger partial charge on any atom is -0.507 e. The van der Waals surface area contributed by atoms with Crippen molar-refractivity contribution in [1.82, 2.24) is 0 Å². The van der Waals surface area contributed by atoms with Gasteiger partial charge in [0.15, 0.2) is 0 Å². The topological polar surface area (TPSA) is 38.7 Å². The van der Waals surface area contributed by atoms with E-state index < -0.39 is 5.79 Å². The second-order valence-electron chi connectivity index (χ2n) is 9.44. The predicted molar refractivity (Wildman–Crippen MR) is 124 cm³/mol. The molecule has 0 amide bonds. The molecule has 1 fully saturated rings. The van der Waals surface area contributed by atoms with E-state index in [2.05, 4.69) is 39.5 Å². The van der Waals surface area contributed by atoms with Crippen molar-refractivity contribution in [3.05, 3.63) is 47.1 Å². The predicted octanol–water partition coefficient (Wildman–Crippen LogP) is 7.44. The van der Waals surface area contributed by atoms with Crippen molar-refractivity contribution in [1.29, 1.82) is 0 Å². The first-order chi connectivity index (χ1) is 14.4. The molecule has 166 valence electrons. The Hall–Kier alpha value is -1.74. The number of phenolic OH excluding ortho intramolecular Hbond substituents is 1. The number of allylic oxidation sites excluding steroid dienone is 3. The normalized spacial score (nSPS) is 23.3. The van der Waals surface area contributed by atoms with Gasteiger partial charge in [0.25, 0.3) is 0 Å². The number of ether oxygens (including phenoxy) is 2. The van der Waals surface area contributed by atoms with Crippen molar-refractivity contribution < 1.29 is 14.6 Å². The Labute approximate surface area is 183 Å². The van der Waals surface area contributed by atoms with Gasteiger partial charge in [0.2, 0.25) is 5.79 Å². The number of hydrogen-bond donors (Lipinski definition) is 1. The van der Waals surface area contributed by atoms with Crippen LogP contribution in [0.3, 0.4) is 0 Å². The molecule has 1 saturated carbocycles. The monoisotopic (exact) mass is 412 g/mol. The smallest absolute Gasteiger partial charge is 0.210 e. The average Bonchev–Trinajstić information content (AvgIpc) is 3.17. The first kappa shape index (κ1) is 22.9. The van der Waals surface area contributed by atoms with Gasteiger partial charge >= 0.3 is 0 Å². The van der Waals surface area contributed by atoms with Crippen molar-refractivity contribution in [2.24, 2.45) is 5.92 Å². The first-order valence-corrected chi connectivity index (χ1v) is 11.8. The Kier molecular flexibility index (Phi) is 7.68. The van der Waals surface area contributed by atoms with Gasteiger partial charge in [-0.25, -0.2) is 0 Å². The van der Waals surface area contributed by atoms with E-state index in [-0.39, 0.29) is 5.92 Å². The largest absolute Gasteiger partial charge is 0.507 e. The lowest BCUT2D eigenvalue weighted by Gasteiger charge is -2.35. The van der Waals surface area contributed by atoms with Gasteiger partial charge in [-0.3, -0.25) is 0 Å². The fraction of sp³-hybridized carbons (Fsp3) is 0.630. The van der Waals surface area contributed by atoms with Crippen molar-refractivity contribution in [3.63, 3.8) is 0 Å². The van der Waals surface area contributed by atoms with Crippen molar-refractivity contribution in [2.75, 3.05) is 7.11 Å². The molecule has 1 aromatic carbocycles. The lowest BCUT2D eigenvalue weighted by Crippen LogP contribution is -2.35. The summed E-state index contributed by atoms with van der Waals surface area (Å²) in [6.45, 7) is 10.8. The van der Waals surface area contributed by atoms with Crippen LogP contribution < -0.4 is 4.74 Å². The van der Waals surface area contributed by atoms with Crippen LogP contribution >= 0.6 is 0 Å². The van der Waals surface area contributed by atoms with E-state index in [0.29, 0.717) is 11.7 Å². The van der Waals surface area contributed by atoms with Gasteiger partial charge < -0.3 is 14.6 Å². The maximum atomic E-state index is 11.2. The van der Waals surface area contributed by atoms with Gasteiger partial charge in [-0.05, 0) is 76.0 Å². The zero-order valence-electron chi connectivity index (χ0n) is 19.4. The summed E-state index contributed by atoms with van der Waals surface area (Å²) in [6, 6.07) is 4.12. The lowest BCUT2D eigenvalue weighted by atomic mass is 9.73. The Morgan fingerprint density at radius 3 is 2.60 bits per heavy atom. The molecule has 30 heavy (non-hydrogen) atoms. The Bertz CT molecular complexity index is 771. The molecule has 1 aromatic rings. The van der Waals surface area contributed by atoms with E-state index in [1.807, 2.05) is 6.07 Å². The standard InChI is InChI=1S/C27H40O3/c1-6-7-8-11-21-17-24(28)26(23-16-20(4)12-13-22(23)19(2)3)25(18-21)30-27(29-5)14-9-10-15-27/h16-18,22-23,28H,2,6-15H2,1,3-5H3. The molecule has 3 heteroatoms. The first-order valence-electron chi connectivity index (χ1n) is 11.8. The Balaban J connectivity index is 2.05. The summed E-state index contributed by atoms with van der Waals surface area (Å²) in [5.74, 6) is 0.981. The van der Waals surface area contributed by atoms with Crippen LogP contribution in [0, 0.1) is 5.92 Å². The number of benzene rings is 1. The van der Waals surface area contributed by atoms with Crippen LogP contribution in [0.2, 0.25) is 0 Å². The quantitative estimate of drug-likeness (QED) is 0.260. The minimum absolute atomic E-state index is 0.0891. The molecule has 0 spiro atoms. The van der Waals surface area contributed by atoms with E-state index in [9.17, 15) is 5.11 Å². The van der Waals surface area contributed by atoms with Gasteiger partial charge in [-0.1, -0.05) is 43.6 Å². The van der Waals surface area contributed by atoms with Gasteiger partial charge in [0, 0.05) is 31.4 Å². The highest BCUT2D eigenvalue weighted by Gasteiger charge is 2.38. The third-order valence-electron chi connectivity index (χ3n) is 7.00. The molecule has 1 N–H and O–H groups in total. The average molecular weight is 413 g/mol. The molecular weight excluding hydrogens is 372 g/mol. The number of methoxy groups -OCH3 is 1. The van der Waals surface area contributed by atoms with Gasteiger partial charge in [-0.15, -0.1) is 0 Å². The van der Waals surface area contributed by atoms with E-state index in [0.717, 1.165) is 68.2 Å². The summed E-state index contributed by atoms with van der Waals surface area (Å²) in [7, 11) is 1.75. The zero-order chi connectivity index (χ0) is 21.7. The minimum atomic E-state index is -0.574. The van der Waals surface area contributed by atoms with Crippen LogP contribution in [0.25, 0.3) is 0 Å². The maximum Gasteiger partial charge on any atom is 0.210 e. The van der Waals surface area contributed by atoms with Crippen LogP contribution in [0.1, 0.15) is 95.6 Å². The Morgan fingerprint density at radius 2 is 1.97 bits per heavy atom. The lowest BCUT2D eigenvalue weighted by molar-refractivity contribution is -0.158. The summed E-state index contributed by atoms with van der Waals surface area (Å²) >= 11 is 0. The fourth-order valence-corrected chi connectivity index (χ4v) is 5.18. The van der Waals surface area contributed by atoms with E-state index >= 15 is 0 Å². The van der Waals surface area contributed by atoms with Crippen molar-refractivity contribution >= 4 is 0 Å². The Morgan fingerprint density at radius 1 is 1.23 bits per heavy atom. The molecule has 0 saturated heterocycles. The summed E-state index contributed by atoms with van der Waals surface area (Å²) in [5.41, 5.74) is 4.59. The number of unbranched alkanes of at least 4 members (excludes halogenated alkanes) is 2. The van der Waals surface area contributed by atoms with Crippen LogP contribution in [0.4, 0.5) is 0 Å². The SMILES string of the molecule is C=C(C)C1CCC(C)=CC1c1c(O)cc(CCCCC)cc1OC1(OC)CCCC1. The summed E-state index contributed by atoms with van der Waals surface area (Å²) in [4.78, 5) is 0. The van der Waals surface area contributed by atoms with Gasteiger partial charge in [0.05, 0.1) is 0 Å². The summed E-state index contributed by atoms with van der Waals surface area (Å²) in [5, 5.41) is 11.2. The molecule has 2 aliphatic rings. The molecule has 0 aromatic heterocycles. The third kappa shape index (κ3) is 5.11. The number of aryl methyl sites for hydroxylation is 1. The molecule has 0 radical (unpaired) electrons. The zero-order valence-corrected chi connectivity index (χ0v) is 19.4. The molecule has 2 aliphatic carbocycles. The van der Waals surface area contributed by atoms with E-state index in [1.165, 1.54) is 24.0 Å². The second kappa shape index (κ2) is 10.0. The van der Waals surface area contributed by atoms with Crippen LogP contribution in [0.5, 0.6) is 11.5 Å². The van der Waals surface area contributed by atoms with Gasteiger partial charge in [0.1, 0.15) is 11.5 Å². The number of rotatable bonds is 9. The molecule has 3 rings (SSSR count). The fourth-order valence-electron chi connectivity index (χ4n) is 5.18. The molecule has 0 bridgehead atoms. The van der Waals surface area contributed by atoms with E-state index in [4.69, 9.17) is 9.47 Å². The molecule has 2 unspecified atom stereocenters. The number of hydrogen-bond acceptors (Lipinski definition) is 3. The molecule has 0 aliphatic heterocycles. The van der Waals surface area contributed by atoms with Gasteiger partial charge in [-0.2, -0.15) is 0 Å². The highest BCUT2D eigenvalue weighted by atomic mass is 16.7. The molecule has 0 heterocycles. The highest BCUT2D eigenvalue weighted by molar-refractivity contribution is 5.53. The highest BCUT2D eigenvalue weighted by Crippen LogP contribution is 2.48. The maximum absolute atomic E-state index is 11.2. The van der Waals surface area contributed by atoms with E-state index in [1.54, 1.807) is 7.11 Å². The number of aromatic hydroxyl groups is 1. The molecule has 3 nitrogen and oxygen atoms in total. The van der Waals surface area contributed by atoms with Crippen LogP contribution in [-0.2, 0) is 11.2 Å². The third-order valence-corrected chi connectivity index (χ3v) is 7.00. The van der Waals surface area contributed by atoms with Crippen molar-refractivity contribution in [3.8, 4) is 11.5 Å². The second-order valence-corrected chi connectivity index (χ2v) is 9.44. The van der Waals surface area contributed by atoms with Crippen LogP contribution in [0.15, 0.2) is 35.9 Å². The summed E-state index contributed by atoms with van der Waals surface area (Å²) < 4.78 is 12.5. The molecular formula is C27H40O3. The number of phenols is 1. The van der Waals surface area contributed by atoms with Crippen molar-refractivity contribution in [2.45, 2.75) is 96.7 Å². The summed E-state index contributed by atoms with van der Waals surface area (Å²) in [6.07, 6.45) is 13.0.